The molecular weight excluding hydrogens is 480 g/mol. The minimum Gasteiger partial charge on any atom is -0.497 e. The van der Waals surface area contributed by atoms with Gasteiger partial charge in [-0.2, -0.15) is 0 Å². The lowest BCUT2D eigenvalue weighted by molar-refractivity contribution is 0.0168. The molecule has 1 aliphatic rings. The molecule has 1 fully saturated rings. The Hall–Kier alpha value is -2.35. The molecule has 1 heterocycles. The van der Waals surface area contributed by atoms with Crippen LogP contribution in [0.15, 0.2) is 46.5 Å². The number of benzene rings is 1. The zero-order valence-corrected chi connectivity index (χ0v) is 24.2. The molecule has 0 unspecified atom stereocenters. The predicted molar refractivity (Wildman–Crippen MR) is 159 cm³/mol. The lowest BCUT2D eigenvalue weighted by Crippen LogP contribution is -2.31. The molecule has 1 aromatic carbocycles. The van der Waals surface area contributed by atoms with Gasteiger partial charge in [-0.3, -0.25) is 15.3 Å². The van der Waals surface area contributed by atoms with Crippen LogP contribution in [-0.2, 0) is 5.60 Å². The van der Waals surface area contributed by atoms with Crippen molar-refractivity contribution in [3.05, 3.63) is 46.4 Å². The number of hydrogen-bond donors (Lipinski definition) is 2. The molecule has 7 heteroatoms. The molecule has 2 N–H and O–H groups in total. The predicted octanol–water partition coefficient (Wildman–Crippen LogP) is 7.52. The lowest BCUT2D eigenvalue weighted by Gasteiger charge is -2.24. The van der Waals surface area contributed by atoms with Crippen LogP contribution in [0.4, 0.5) is 0 Å². The standard InChI is InChI=1S/C28H40N4O2S.C2H6/c1-5-17-28(33,18-6-2)27-32-25(21-12-14-23(34-4)15-13-21)26(35-27)24(16-19-29-3)31-20-30-22-10-8-7-9-11-22;1-2/h12-16,19,22,30,33H,3,5-11,17-18,20H2,1-2,4H3;1-2H3/b19-16-,31-24+;. The molecule has 0 aliphatic heterocycles. The van der Waals surface area contributed by atoms with Gasteiger partial charge in [0.05, 0.1) is 30.1 Å². The monoisotopic (exact) mass is 526 g/mol. The molecule has 37 heavy (non-hydrogen) atoms. The Balaban J connectivity index is 0.00000235. The van der Waals surface area contributed by atoms with Gasteiger partial charge < -0.3 is 9.84 Å². The van der Waals surface area contributed by atoms with Gasteiger partial charge in [-0.05, 0) is 62.7 Å². The molecule has 0 amide bonds. The van der Waals surface area contributed by atoms with Crippen molar-refractivity contribution >= 4 is 23.8 Å². The topological polar surface area (TPSA) is 79.1 Å². The molecule has 0 bridgehead atoms. The first-order valence-corrected chi connectivity index (χ1v) is 14.6. The van der Waals surface area contributed by atoms with Crippen LogP contribution in [0.5, 0.6) is 5.75 Å². The van der Waals surface area contributed by atoms with Crippen LogP contribution in [-0.4, -0.2) is 42.3 Å². The molecule has 0 atom stereocenters. The average Bonchev–Trinajstić information content (AvgIpc) is 3.39. The Labute approximate surface area is 228 Å². The van der Waals surface area contributed by atoms with E-state index in [1.807, 2.05) is 44.2 Å². The smallest absolute Gasteiger partial charge is 0.126 e. The number of nitrogens with one attached hydrogen (secondary N) is 1. The second-order valence-electron chi connectivity index (χ2n) is 9.20. The van der Waals surface area contributed by atoms with E-state index in [2.05, 4.69) is 30.9 Å². The van der Waals surface area contributed by atoms with Crippen LogP contribution in [0.2, 0.25) is 0 Å². The van der Waals surface area contributed by atoms with E-state index in [-0.39, 0.29) is 0 Å². The highest BCUT2D eigenvalue weighted by atomic mass is 32.1. The van der Waals surface area contributed by atoms with E-state index in [0.29, 0.717) is 25.6 Å². The largest absolute Gasteiger partial charge is 0.497 e. The van der Waals surface area contributed by atoms with E-state index >= 15 is 0 Å². The van der Waals surface area contributed by atoms with Crippen molar-refractivity contribution in [2.45, 2.75) is 97.1 Å². The second-order valence-corrected chi connectivity index (χ2v) is 10.2. The third-order valence-electron chi connectivity index (χ3n) is 6.52. The first-order chi connectivity index (χ1) is 18.0. The summed E-state index contributed by atoms with van der Waals surface area (Å²) in [6.07, 6.45) is 13.0. The molecule has 0 saturated heterocycles. The molecule has 1 aromatic heterocycles. The first kappa shape index (κ1) is 30.9. The highest BCUT2D eigenvalue weighted by Gasteiger charge is 2.33. The molecule has 6 nitrogen and oxygen atoms in total. The van der Waals surface area contributed by atoms with Crippen LogP contribution in [0.3, 0.4) is 0 Å². The van der Waals surface area contributed by atoms with Gasteiger partial charge >= 0.3 is 0 Å². The maximum Gasteiger partial charge on any atom is 0.126 e. The van der Waals surface area contributed by atoms with Crippen molar-refractivity contribution in [1.29, 1.82) is 0 Å². The Morgan fingerprint density at radius 1 is 1.16 bits per heavy atom. The summed E-state index contributed by atoms with van der Waals surface area (Å²) < 4.78 is 5.35. The van der Waals surface area contributed by atoms with Crippen molar-refractivity contribution in [2.75, 3.05) is 13.8 Å². The minimum absolute atomic E-state index is 0.521. The summed E-state index contributed by atoms with van der Waals surface area (Å²) >= 11 is 1.53. The summed E-state index contributed by atoms with van der Waals surface area (Å²) in [5.74, 6) is 0.792. The number of allylic oxidation sites excluding steroid dienone is 1. The van der Waals surface area contributed by atoms with E-state index in [1.165, 1.54) is 43.4 Å². The fourth-order valence-electron chi connectivity index (χ4n) is 4.69. The van der Waals surface area contributed by atoms with Crippen LogP contribution < -0.4 is 10.1 Å². The van der Waals surface area contributed by atoms with Gasteiger partial charge in [0.25, 0.3) is 0 Å². The zero-order valence-electron chi connectivity index (χ0n) is 23.4. The lowest BCUT2D eigenvalue weighted by atomic mass is 9.93. The summed E-state index contributed by atoms with van der Waals surface area (Å²) in [7, 11) is 1.66. The minimum atomic E-state index is -0.945. The number of hydrogen-bond acceptors (Lipinski definition) is 7. The van der Waals surface area contributed by atoms with Crippen LogP contribution in [0.25, 0.3) is 11.3 Å². The number of aromatic nitrogens is 1. The number of ether oxygens (including phenoxy) is 1. The number of aliphatic hydroxyl groups is 1. The number of aliphatic imine (C=N–C) groups is 2. The van der Waals surface area contributed by atoms with Crippen LogP contribution in [0.1, 0.15) is 95.4 Å². The summed E-state index contributed by atoms with van der Waals surface area (Å²) in [5.41, 5.74) is 1.64. The van der Waals surface area contributed by atoms with Crippen molar-refractivity contribution in [1.82, 2.24) is 10.3 Å². The Morgan fingerprint density at radius 2 is 1.81 bits per heavy atom. The van der Waals surface area contributed by atoms with E-state index in [9.17, 15) is 5.11 Å². The van der Waals surface area contributed by atoms with Gasteiger partial charge in [0.15, 0.2) is 0 Å². The molecule has 1 saturated carbocycles. The molecule has 204 valence electrons. The van der Waals surface area contributed by atoms with Gasteiger partial charge in [-0.1, -0.05) is 59.8 Å². The number of nitrogens with zero attached hydrogens (tertiary/aromatic N) is 3. The van der Waals surface area contributed by atoms with E-state index in [4.69, 9.17) is 14.7 Å². The third kappa shape index (κ3) is 8.87. The SMILES string of the molecule is C=N/C=C\C(=N/CNC1CCCCC1)c1sc(C(O)(CCC)CCC)nc1-c1ccc(OC)cc1.CC. The van der Waals surface area contributed by atoms with Gasteiger partial charge in [0.2, 0.25) is 0 Å². The highest BCUT2D eigenvalue weighted by molar-refractivity contribution is 7.14. The normalized spacial score (nSPS) is 14.9. The second kappa shape index (κ2) is 16.5. The van der Waals surface area contributed by atoms with Gasteiger partial charge in [-0.25, -0.2) is 4.98 Å². The van der Waals surface area contributed by atoms with Crippen LogP contribution >= 0.6 is 11.3 Å². The Kier molecular flexibility index (Phi) is 13.8. The van der Waals surface area contributed by atoms with Gasteiger partial charge in [0.1, 0.15) is 16.4 Å². The Morgan fingerprint density at radius 3 is 2.38 bits per heavy atom. The molecule has 0 radical (unpaired) electrons. The van der Waals surface area contributed by atoms with Gasteiger partial charge in [-0.15, -0.1) is 11.3 Å². The van der Waals surface area contributed by atoms with Crippen molar-refractivity contribution in [3.63, 3.8) is 0 Å². The molecule has 2 aromatic rings. The van der Waals surface area contributed by atoms with E-state index < -0.39 is 5.60 Å². The molecular formula is C30H46N4O2S. The summed E-state index contributed by atoms with van der Waals surface area (Å²) in [6, 6.07) is 8.41. The molecule has 0 spiro atoms. The fraction of sp³-hybridized carbons (Fsp3) is 0.567. The first-order valence-electron chi connectivity index (χ1n) is 13.8. The number of rotatable bonds is 13. The molecule has 3 rings (SSSR count). The van der Waals surface area contributed by atoms with E-state index in [0.717, 1.165) is 45.4 Å². The fourth-order valence-corrected chi connectivity index (χ4v) is 5.92. The average molecular weight is 527 g/mol. The summed E-state index contributed by atoms with van der Waals surface area (Å²) in [4.78, 5) is 14.8. The Bertz CT molecular complexity index is 986. The number of thiazole rings is 1. The van der Waals surface area contributed by atoms with Crippen molar-refractivity contribution < 1.29 is 9.84 Å². The van der Waals surface area contributed by atoms with E-state index in [1.54, 1.807) is 13.3 Å². The zero-order chi connectivity index (χ0) is 27.1. The maximum absolute atomic E-state index is 11.6. The third-order valence-corrected chi connectivity index (χ3v) is 7.79. The number of methoxy groups -OCH3 is 1. The summed E-state index contributed by atoms with van der Waals surface area (Å²) in [5, 5.41) is 15.9. The highest BCUT2D eigenvalue weighted by Crippen LogP contribution is 2.39. The maximum atomic E-state index is 11.6. The van der Waals surface area contributed by atoms with Crippen LogP contribution in [0, 0.1) is 0 Å². The summed E-state index contributed by atoms with van der Waals surface area (Å²) in [6.45, 7) is 12.3. The van der Waals surface area contributed by atoms with Crippen molar-refractivity contribution in [3.8, 4) is 17.0 Å². The van der Waals surface area contributed by atoms with Crippen molar-refractivity contribution in [2.24, 2.45) is 9.98 Å². The van der Waals surface area contributed by atoms with Gasteiger partial charge in [0, 0.05) is 17.8 Å². The molecule has 1 aliphatic carbocycles. The quantitative estimate of drug-likeness (QED) is 0.265.